The maximum Gasteiger partial charge on any atom is 0.344 e. The molecule has 0 saturated carbocycles. The number of ether oxygens (including phenoxy) is 1. The summed E-state index contributed by atoms with van der Waals surface area (Å²) in [6.45, 7) is 1.54. The molecule has 0 aliphatic heterocycles. The normalized spacial score (nSPS) is 12.3. The van der Waals surface area contributed by atoms with Gasteiger partial charge < -0.3 is 10.5 Å². The van der Waals surface area contributed by atoms with Crippen molar-refractivity contribution in [3.05, 3.63) is 35.4 Å². The number of hydrogen-bond donors (Lipinski definition) is 1. The third kappa shape index (κ3) is 2.99. The van der Waals surface area contributed by atoms with Crippen LogP contribution in [0.1, 0.15) is 17.3 Å². The van der Waals surface area contributed by atoms with E-state index in [1.807, 2.05) is 0 Å². The maximum absolute atomic E-state index is 13.1. The quantitative estimate of drug-likeness (QED) is 0.777. The highest BCUT2D eigenvalue weighted by Crippen LogP contribution is 2.13. The highest BCUT2D eigenvalue weighted by Gasteiger charge is 2.18. The Morgan fingerprint density at radius 1 is 1.47 bits per heavy atom. The zero-order valence-corrected chi connectivity index (χ0v) is 8.17. The molecule has 0 bridgehead atoms. The van der Waals surface area contributed by atoms with Crippen LogP contribution < -0.4 is 5.73 Å². The van der Waals surface area contributed by atoms with E-state index in [-0.39, 0.29) is 12.6 Å². The molecular weight excluding hydrogens is 204 g/mol. The van der Waals surface area contributed by atoms with Crippen LogP contribution in [0.4, 0.5) is 8.78 Å². The first-order valence-electron chi connectivity index (χ1n) is 4.39. The van der Waals surface area contributed by atoms with Gasteiger partial charge in [0.1, 0.15) is 23.8 Å². The molecule has 1 atom stereocenters. The van der Waals surface area contributed by atoms with Crippen LogP contribution in [0.25, 0.3) is 0 Å². The number of esters is 1. The number of halogens is 2. The van der Waals surface area contributed by atoms with Crippen LogP contribution in [-0.4, -0.2) is 18.6 Å². The van der Waals surface area contributed by atoms with E-state index in [4.69, 9.17) is 5.73 Å². The molecule has 82 valence electrons. The van der Waals surface area contributed by atoms with Crippen molar-refractivity contribution in [2.45, 2.75) is 13.0 Å². The molecule has 0 fully saturated rings. The first-order valence-corrected chi connectivity index (χ1v) is 4.39. The second-order valence-electron chi connectivity index (χ2n) is 3.17. The zero-order chi connectivity index (χ0) is 11.4. The predicted molar refractivity (Wildman–Crippen MR) is 50.3 cm³/mol. The molecule has 1 aromatic rings. The lowest BCUT2D eigenvalue weighted by Gasteiger charge is -2.08. The Kier molecular flexibility index (Phi) is 3.74. The van der Waals surface area contributed by atoms with Gasteiger partial charge in [-0.3, -0.25) is 0 Å². The zero-order valence-electron chi connectivity index (χ0n) is 8.17. The van der Waals surface area contributed by atoms with E-state index in [1.54, 1.807) is 6.92 Å². The first-order chi connectivity index (χ1) is 7.02. The van der Waals surface area contributed by atoms with E-state index in [0.29, 0.717) is 0 Å². The summed E-state index contributed by atoms with van der Waals surface area (Å²) in [4.78, 5) is 11.2. The van der Waals surface area contributed by atoms with Gasteiger partial charge in [-0.15, -0.1) is 0 Å². The second kappa shape index (κ2) is 4.84. The van der Waals surface area contributed by atoms with Crippen LogP contribution >= 0.6 is 0 Å². The summed E-state index contributed by atoms with van der Waals surface area (Å²) in [5.41, 5.74) is 4.65. The van der Waals surface area contributed by atoms with Gasteiger partial charge in [0.05, 0.1) is 0 Å². The van der Waals surface area contributed by atoms with Crippen molar-refractivity contribution in [2.75, 3.05) is 6.61 Å². The average molecular weight is 215 g/mol. The van der Waals surface area contributed by atoms with Crippen LogP contribution in [0, 0.1) is 11.6 Å². The summed E-state index contributed by atoms with van der Waals surface area (Å²) in [5.74, 6) is -2.92. The van der Waals surface area contributed by atoms with Crippen molar-refractivity contribution in [1.82, 2.24) is 0 Å². The minimum absolute atomic E-state index is 0.0768. The number of carbonyl (C=O) groups is 1. The lowest BCUT2D eigenvalue weighted by molar-refractivity contribution is 0.0476. The Bertz CT molecular complexity index is 346. The van der Waals surface area contributed by atoms with Crippen LogP contribution in [0.3, 0.4) is 0 Å². The minimum atomic E-state index is -1.04. The molecule has 0 spiro atoms. The van der Waals surface area contributed by atoms with E-state index >= 15 is 0 Å². The Morgan fingerprint density at radius 3 is 2.47 bits per heavy atom. The molecule has 0 aliphatic carbocycles. The predicted octanol–water partition coefficient (Wildman–Crippen LogP) is 1.47. The lowest BCUT2D eigenvalue weighted by atomic mass is 10.2. The van der Waals surface area contributed by atoms with Crippen molar-refractivity contribution in [3.63, 3.8) is 0 Å². The smallest absolute Gasteiger partial charge is 0.344 e. The first kappa shape index (κ1) is 11.6. The fourth-order valence-corrected chi connectivity index (χ4v) is 0.972. The summed E-state index contributed by atoms with van der Waals surface area (Å²) in [5, 5.41) is 0. The monoisotopic (exact) mass is 215 g/mol. The highest BCUT2D eigenvalue weighted by molar-refractivity contribution is 5.90. The lowest BCUT2D eigenvalue weighted by Crippen LogP contribution is -2.24. The summed E-state index contributed by atoms with van der Waals surface area (Å²) in [6, 6.07) is 2.79. The van der Waals surface area contributed by atoms with Gasteiger partial charge in [0.25, 0.3) is 0 Å². The SMILES string of the molecule is CC(N)COC(=O)c1c(F)cccc1F. The van der Waals surface area contributed by atoms with Gasteiger partial charge in [-0.25, -0.2) is 13.6 Å². The third-order valence-corrected chi connectivity index (χ3v) is 1.64. The fourth-order valence-electron chi connectivity index (χ4n) is 0.972. The number of carbonyl (C=O) groups excluding carboxylic acids is 1. The van der Waals surface area contributed by atoms with E-state index < -0.39 is 23.2 Å². The van der Waals surface area contributed by atoms with Crippen molar-refractivity contribution < 1.29 is 18.3 Å². The molecule has 0 aromatic heterocycles. The summed E-state index contributed by atoms with van der Waals surface area (Å²) >= 11 is 0. The van der Waals surface area contributed by atoms with Crippen molar-refractivity contribution in [3.8, 4) is 0 Å². The molecule has 5 heteroatoms. The number of benzene rings is 1. The number of hydrogen-bond acceptors (Lipinski definition) is 3. The second-order valence-corrected chi connectivity index (χ2v) is 3.17. The number of rotatable bonds is 3. The van der Waals surface area contributed by atoms with Gasteiger partial charge in [0.15, 0.2) is 0 Å². The third-order valence-electron chi connectivity index (χ3n) is 1.64. The standard InChI is InChI=1S/C10H11F2NO2/c1-6(13)5-15-10(14)9-7(11)3-2-4-8(9)12/h2-4,6H,5,13H2,1H3. The van der Waals surface area contributed by atoms with Crippen LogP contribution in [0.15, 0.2) is 18.2 Å². The van der Waals surface area contributed by atoms with Crippen molar-refractivity contribution >= 4 is 5.97 Å². The Morgan fingerprint density at radius 2 is 2.00 bits per heavy atom. The largest absolute Gasteiger partial charge is 0.460 e. The Balaban J connectivity index is 2.82. The van der Waals surface area contributed by atoms with E-state index in [1.165, 1.54) is 6.07 Å². The maximum atomic E-state index is 13.1. The molecule has 0 saturated heterocycles. The number of nitrogens with two attached hydrogens (primary N) is 1. The molecular formula is C10H11F2NO2. The molecule has 0 radical (unpaired) electrons. The molecule has 15 heavy (non-hydrogen) atoms. The Hall–Kier alpha value is -1.49. The molecule has 0 heterocycles. The minimum Gasteiger partial charge on any atom is -0.460 e. The van der Waals surface area contributed by atoms with Crippen molar-refractivity contribution in [2.24, 2.45) is 5.73 Å². The summed E-state index contributed by atoms with van der Waals surface area (Å²) in [6.07, 6.45) is 0. The molecule has 3 nitrogen and oxygen atoms in total. The Labute approximate surface area is 85.8 Å². The van der Waals surface area contributed by atoms with Crippen LogP contribution in [0.5, 0.6) is 0 Å². The van der Waals surface area contributed by atoms with Gasteiger partial charge in [-0.2, -0.15) is 0 Å². The van der Waals surface area contributed by atoms with Gasteiger partial charge in [-0.1, -0.05) is 6.07 Å². The molecule has 0 amide bonds. The molecule has 0 aliphatic rings. The summed E-state index contributed by atoms with van der Waals surface area (Å²) < 4.78 is 30.7. The van der Waals surface area contributed by atoms with Crippen molar-refractivity contribution in [1.29, 1.82) is 0 Å². The average Bonchev–Trinajstić information content (AvgIpc) is 2.14. The van der Waals surface area contributed by atoms with Gasteiger partial charge >= 0.3 is 5.97 Å². The van der Waals surface area contributed by atoms with E-state index in [9.17, 15) is 13.6 Å². The fraction of sp³-hybridized carbons (Fsp3) is 0.300. The highest BCUT2D eigenvalue weighted by atomic mass is 19.1. The van der Waals surface area contributed by atoms with Crippen LogP contribution in [-0.2, 0) is 4.74 Å². The molecule has 1 rings (SSSR count). The molecule has 1 unspecified atom stereocenters. The van der Waals surface area contributed by atoms with Gasteiger partial charge in [0, 0.05) is 6.04 Å². The topological polar surface area (TPSA) is 52.3 Å². The molecule has 1 aromatic carbocycles. The van der Waals surface area contributed by atoms with E-state index in [2.05, 4.69) is 4.74 Å². The van der Waals surface area contributed by atoms with E-state index in [0.717, 1.165) is 12.1 Å². The summed E-state index contributed by atoms with van der Waals surface area (Å²) in [7, 11) is 0. The van der Waals surface area contributed by atoms with Gasteiger partial charge in [-0.05, 0) is 19.1 Å². The van der Waals surface area contributed by atoms with Gasteiger partial charge in [0.2, 0.25) is 0 Å². The molecule has 2 N–H and O–H groups in total. The van der Waals surface area contributed by atoms with Crippen LogP contribution in [0.2, 0.25) is 0 Å².